The monoisotopic (exact) mass is 439 g/mol. The van der Waals surface area contributed by atoms with Gasteiger partial charge in [0.2, 0.25) is 11.8 Å². The number of amides is 2. The van der Waals surface area contributed by atoms with Crippen molar-refractivity contribution in [1.82, 2.24) is 15.3 Å². The van der Waals surface area contributed by atoms with Gasteiger partial charge in [-0.15, -0.1) is 0 Å². The maximum absolute atomic E-state index is 12.7. The van der Waals surface area contributed by atoms with Crippen molar-refractivity contribution in [2.75, 3.05) is 5.32 Å². The molecule has 0 aliphatic rings. The standard InChI is InChI=1S/C23H29N5O4/c1-14(2)17-12-16(9-8-15(17)13-24)31-18-10-11-25-20(26-18)27-19(29)23(6,7)28-21(30)32-22(3,4)5/h8-12,14H,1-7H3,(H,28,30)(H,25,26,27,29). The fourth-order valence-electron chi connectivity index (χ4n) is 2.64. The van der Waals surface area contributed by atoms with E-state index in [1.807, 2.05) is 13.8 Å². The Morgan fingerprint density at radius 1 is 1.12 bits per heavy atom. The van der Waals surface area contributed by atoms with Gasteiger partial charge in [-0.3, -0.25) is 10.1 Å². The van der Waals surface area contributed by atoms with E-state index in [2.05, 4.69) is 26.7 Å². The zero-order chi connectivity index (χ0) is 24.1. The van der Waals surface area contributed by atoms with Crippen molar-refractivity contribution in [3.05, 3.63) is 41.6 Å². The Hall–Kier alpha value is -3.67. The number of benzene rings is 1. The summed E-state index contributed by atoms with van der Waals surface area (Å²) >= 11 is 0. The van der Waals surface area contributed by atoms with E-state index in [0.29, 0.717) is 11.3 Å². The van der Waals surface area contributed by atoms with Gasteiger partial charge in [-0.05, 0) is 64.3 Å². The largest absolute Gasteiger partial charge is 0.444 e. The molecule has 0 unspecified atom stereocenters. The first-order valence-electron chi connectivity index (χ1n) is 10.2. The van der Waals surface area contributed by atoms with E-state index < -0.39 is 23.1 Å². The van der Waals surface area contributed by atoms with Gasteiger partial charge in [0.1, 0.15) is 16.9 Å². The lowest BCUT2D eigenvalue weighted by Gasteiger charge is -2.27. The second-order valence-corrected chi connectivity index (χ2v) is 9.04. The Balaban J connectivity index is 2.11. The molecule has 9 heteroatoms. The summed E-state index contributed by atoms with van der Waals surface area (Å²) in [5.41, 5.74) is -0.515. The molecule has 0 fully saturated rings. The molecule has 0 bridgehead atoms. The number of nitrogens with zero attached hydrogens (tertiary/aromatic N) is 3. The molecule has 0 radical (unpaired) electrons. The maximum atomic E-state index is 12.7. The summed E-state index contributed by atoms with van der Waals surface area (Å²) in [7, 11) is 0. The molecule has 1 aromatic heterocycles. The van der Waals surface area contributed by atoms with E-state index in [9.17, 15) is 14.9 Å². The van der Waals surface area contributed by atoms with Crippen molar-refractivity contribution in [3.8, 4) is 17.7 Å². The summed E-state index contributed by atoms with van der Waals surface area (Å²) in [6, 6.07) is 8.88. The number of carbonyl (C=O) groups is 2. The van der Waals surface area contributed by atoms with Crippen LogP contribution in [-0.4, -0.2) is 33.1 Å². The van der Waals surface area contributed by atoms with Crippen LogP contribution in [0.1, 0.15) is 65.5 Å². The van der Waals surface area contributed by atoms with Gasteiger partial charge in [0.05, 0.1) is 11.6 Å². The van der Waals surface area contributed by atoms with E-state index in [1.54, 1.807) is 45.0 Å². The van der Waals surface area contributed by atoms with Crippen LogP contribution in [0.3, 0.4) is 0 Å². The van der Waals surface area contributed by atoms with Crippen LogP contribution < -0.4 is 15.4 Å². The molecular formula is C23H29N5O4. The zero-order valence-corrected chi connectivity index (χ0v) is 19.4. The first-order chi connectivity index (χ1) is 14.8. The van der Waals surface area contributed by atoms with Crippen LogP contribution in [0.25, 0.3) is 0 Å². The van der Waals surface area contributed by atoms with Gasteiger partial charge in [-0.25, -0.2) is 9.78 Å². The van der Waals surface area contributed by atoms with Gasteiger partial charge in [-0.1, -0.05) is 13.8 Å². The van der Waals surface area contributed by atoms with E-state index in [4.69, 9.17) is 9.47 Å². The van der Waals surface area contributed by atoms with Crippen molar-refractivity contribution in [2.24, 2.45) is 0 Å². The zero-order valence-electron chi connectivity index (χ0n) is 19.4. The molecule has 170 valence electrons. The highest BCUT2D eigenvalue weighted by molar-refractivity contribution is 5.98. The molecule has 0 aliphatic carbocycles. The van der Waals surface area contributed by atoms with Crippen molar-refractivity contribution < 1.29 is 19.1 Å². The normalized spacial score (nSPS) is 11.5. The minimum absolute atomic E-state index is 0.0179. The molecule has 2 N–H and O–H groups in total. The molecule has 1 heterocycles. The van der Waals surface area contributed by atoms with Gasteiger partial charge in [-0.2, -0.15) is 10.2 Å². The minimum Gasteiger partial charge on any atom is -0.444 e. The summed E-state index contributed by atoms with van der Waals surface area (Å²) in [5.74, 6) is 0.363. The van der Waals surface area contributed by atoms with Crippen molar-refractivity contribution >= 4 is 17.9 Å². The van der Waals surface area contributed by atoms with Crippen LogP contribution in [0.5, 0.6) is 11.6 Å². The van der Waals surface area contributed by atoms with Gasteiger partial charge in [0, 0.05) is 12.3 Å². The average molecular weight is 440 g/mol. The smallest absolute Gasteiger partial charge is 0.408 e. The lowest BCUT2D eigenvalue weighted by molar-refractivity contribution is -0.121. The van der Waals surface area contributed by atoms with Crippen molar-refractivity contribution in [3.63, 3.8) is 0 Å². The third-order valence-corrected chi connectivity index (χ3v) is 4.22. The summed E-state index contributed by atoms with van der Waals surface area (Å²) in [4.78, 5) is 32.9. The van der Waals surface area contributed by atoms with Crippen molar-refractivity contribution in [2.45, 2.75) is 65.5 Å². The molecule has 32 heavy (non-hydrogen) atoms. The predicted molar refractivity (Wildman–Crippen MR) is 119 cm³/mol. The Morgan fingerprint density at radius 2 is 1.81 bits per heavy atom. The molecular weight excluding hydrogens is 410 g/mol. The first-order valence-corrected chi connectivity index (χ1v) is 10.2. The van der Waals surface area contributed by atoms with Gasteiger partial charge in [0.25, 0.3) is 5.91 Å². The topological polar surface area (TPSA) is 126 Å². The van der Waals surface area contributed by atoms with E-state index in [0.717, 1.165) is 5.56 Å². The molecule has 2 amide bonds. The quantitative estimate of drug-likeness (QED) is 0.678. The van der Waals surface area contributed by atoms with Gasteiger partial charge in [0.15, 0.2) is 0 Å². The number of hydrogen-bond acceptors (Lipinski definition) is 7. The van der Waals surface area contributed by atoms with Crippen LogP contribution in [0.15, 0.2) is 30.5 Å². The minimum atomic E-state index is -1.28. The second-order valence-electron chi connectivity index (χ2n) is 9.04. The molecule has 0 atom stereocenters. The highest BCUT2D eigenvalue weighted by Gasteiger charge is 2.32. The first kappa shape index (κ1) is 24.6. The van der Waals surface area contributed by atoms with Crippen LogP contribution in [0, 0.1) is 11.3 Å². The van der Waals surface area contributed by atoms with Crippen molar-refractivity contribution in [1.29, 1.82) is 5.26 Å². The summed E-state index contributed by atoms with van der Waals surface area (Å²) in [5, 5.41) is 14.4. The third-order valence-electron chi connectivity index (χ3n) is 4.22. The van der Waals surface area contributed by atoms with E-state index in [-0.39, 0.29) is 17.7 Å². The average Bonchev–Trinajstić information content (AvgIpc) is 2.66. The number of alkyl carbamates (subject to hydrolysis) is 1. The lowest BCUT2D eigenvalue weighted by Crippen LogP contribution is -2.53. The summed E-state index contributed by atoms with van der Waals surface area (Å²) < 4.78 is 11.0. The maximum Gasteiger partial charge on any atom is 0.408 e. The number of rotatable bonds is 6. The Bertz CT molecular complexity index is 1040. The second kappa shape index (κ2) is 9.64. The van der Waals surface area contributed by atoms with E-state index in [1.165, 1.54) is 20.0 Å². The van der Waals surface area contributed by atoms with Crippen LogP contribution in [0.2, 0.25) is 0 Å². The molecule has 0 aliphatic heterocycles. The highest BCUT2D eigenvalue weighted by atomic mass is 16.6. The molecule has 0 spiro atoms. The van der Waals surface area contributed by atoms with Crippen LogP contribution in [0.4, 0.5) is 10.7 Å². The SMILES string of the molecule is CC(C)c1cc(Oc2ccnc(NC(=O)C(C)(C)NC(=O)OC(C)(C)C)n2)ccc1C#N. The lowest BCUT2D eigenvalue weighted by atomic mass is 9.98. The Labute approximate surface area is 188 Å². The number of hydrogen-bond donors (Lipinski definition) is 2. The molecule has 0 saturated heterocycles. The van der Waals surface area contributed by atoms with Crippen LogP contribution in [-0.2, 0) is 9.53 Å². The fraction of sp³-hybridized carbons (Fsp3) is 0.435. The number of nitrogens with one attached hydrogen (secondary N) is 2. The molecule has 2 rings (SSSR count). The summed E-state index contributed by atoms with van der Waals surface area (Å²) in [6.45, 7) is 12.3. The fourth-order valence-corrected chi connectivity index (χ4v) is 2.64. The molecule has 9 nitrogen and oxygen atoms in total. The number of anilines is 1. The molecule has 0 saturated carbocycles. The Morgan fingerprint density at radius 3 is 2.41 bits per heavy atom. The predicted octanol–water partition coefficient (Wildman–Crippen LogP) is 4.51. The number of ether oxygens (including phenoxy) is 2. The number of aromatic nitrogens is 2. The number of carbonyl (C=O) groups excluding carboxylic acids is 2. The molecule has 1 aromatic carbocycles. The van der Waals surface area contributed by atoms with Gasteiger partial charge < -0.3 is 14.8 Å². The van der Waals surface area contributed by atoms with Gasteiger partial charge >= 0.3 is 6.09 Å². The van der Waals surface area contributed by atoms with Crippen LogP contribution >= 0.6 is 0 Å². The third kappa shape index (κ3) is 6.94. The van der Waals surface area contributed by atoms with E-state index >= 15 is 0 Å². The molecule has 2 aromatic rings. The number of nitriles is 1. The summed E-state index contributed by atoms with van der Waals surface area (Å²) in [6.07, 6.45) is 0.733. The highest BCUT2D eigenvalue weighted by Crippen LogP contribution is 2.27. The Kier molecular flexibility index (Phi) is 7.41.